The average Bonchev–Trinajstić information content (AvgIpc) is 3.89. The number of anilines is 4. The fourth-order valence-electron chi connectivity index (χ4n) is 10.0. The smallest absolute Gasteiger partial charge is 0.135 e. The number of fused-ring (bicyclic) bond motifs is 4. The van der Waals surface area contributed by atoms with Gasteiger partial charge < -0.3 is 19.1 Å². The number of benzene rings is 7. The molecular formula is C66H67N4OPt-3. The predicted molar refractivity (Wildman–Crippen MR) is 297 cm³/mol. The van der Waals surface area contributed by atoms with Crippen molar-refractivity contribution in [3.8, 4) is 17.3 Å². The van der Waals surface area contributed by atoms with Crippen LogP contribution in [0.4, 0.5) is 22.7 Å². The quantitative estimate of drug-likeness (QED) is 0.135. The maximum absolute atomic E-state index is 7.09. The van der Waals surface area contributed by atoms with Gasteiger partial charge in [0.05, 0.1) is 0 Å². The number of hydrogen-bond acceptors (Lipinski definition) is 4. The SMILES string of the molecule is CC(C)(C)c1cccc(N2[CH-]N(c3[c-]c(Oc4[c-]c5c(cc4)c4cc(C(C)(C)C)ccc4n5-c4cc(C(C)(C)c5ccccc5)ccn4)cc(C(C)(C)c4ccccc4)c3)c3cc(C(C)(C)C)ccc32)c1.[Pt]. The molecule has 0 bridgehead atoms. The number of rotatable bonds is 9. The largest absolute Gasteiger partial charge is 0.509 e. The van der Waals surface area contributed by atoms with Crippen molar-refractivity contribution in [3.05, 3.63) is 222 Å². The van der Waals surface area contributed by atoms with Crippen LogP contribution in [0, 0.1) is 18.8 Å². The Hall–Kier alpha value is -6.42. The molecule has 5 nitrogen and oxygen atoms in total. The fraction of sp³-hybridized carbons (Fsp3) is 0.273. The van der Waals surface area contributed by atoms with Crippen molar-refractivity contribution in [1.82, 2.24) is 9.55 Å². The first-order valence-corrected chi connectivity index (χ1v) is 25.1. The summed E-state index contributed by atoms with van der Waals surface area (Å²) in [5, 5.41) is 2.24. The second-order valence-electron chi connectivity index (χ2n) is 23.6. The number of aromatic nitrogens is 2. The van der Waals surface area contributed by atoms with E-state index in [9.17, 15) is 0 Å². The first-order valence-electron chi connectivity index (χ1n) is 25.1. The van der Waals surface area contributed by atoms with E-state index in [1.54, 1.807) is 0 Å². The van der Waals surface area contributed by atoms with E-state index in [4.69, 9.17) is 9.72 Å². The van der Waals surface area contributed by atoms with Crippen LogP contribution in [0.15, 0.2) is 164 Å². The molecule has 9 aromatic rings. The van der Waals surface area contributed by atoms with Crippen LogP contribution in [0.2, 0.25) is 0 Å². The van der Waals surface area contributed by atoms with Crippen LogP contribution in [0.25, 0.3) is 27.6 Å². The summed E-state index contributed by atoms with van der Waals surface area (Å²) in [4.78, 5) is 9.67. The number of pyridine rings is 1. The summed E-state index contributed by atoms with van der Waals surface area (Å²) in [7, 11) is 0. The van der Waals surface area contributed by atoms with Gasteiger partial charge in [-0.3, -0.25) is 0 Å². The Bertz CT molecular complexity index is 3440. The summed E-state index contributed by atoms with van der Waals surface area (Å²) in [5.74, 6) is 2.03. The van der Waals surface area contributed by atoms with Gasteiger partial charge >= 0.3 is 0 Å². The Morgan fingerprint density at radius 3 is 1.69 bits per heavy atom. The molecule has 0 radical (unpaired) electrons. The van der Waals surface area contributed by atoms with Gasteiger partial charge in [0.15, 0.2) is 0 Å². The second-order valence-corrected chi connectivity index (χ2v) is 23.6. The van der Waals surface area contributed by atoms with Crippen LogP contribution in [-0.2, 0) is 48.1 Å². The molecule has 6 heteroatoms. The molecule has 0 saturated heterocycles. The van der Waals surface area contributed by atoms with E-state index >= 15 is 0 Å². The average molecular weight is 1130 g/mol. The van der Waals surface area contributed by atoms with Crippen LogP contribution >= 0.6 is 0 Å². The molecule has 7 aromatic carbocycles. The Balaban J connectivity index is 0.00000640. The third-order valence-electron chi connectivity index (χ3n) is 14.8. The molecule has 370 valence electrons. The number of nitrogens with zero attached hydrogens (tertiary/aromatic N) is 4. The molecule has 0 spiro atoms. The molecule has 0 amide bonds. The van der Waals surface area contributed by atoms with E-state index < -0.39 is 0 Å². The van der Waals surface area contributed by atoms with E-state index in [2.05, 4.69) is 281 Å². The minimum absolute atomic E-state index is 0. The standard InChI is InChI=1S/C66H67N4O.Pt/c1-62(2,3)46-25-20-26-51(35-46)68-43-69(60-39-48(64(7,8)9)28-32-58(60)68)52-36-50(66(12,13)45-23-18-15-19-24-45)37-54(41-52)71-53-29-30-55-56-38-47(63(4,5)6)27-31-57(56)70(59(55)42-53)61-40-49(33-34-67-61)65(10,11)44-21-16-14-17-22-44;/h14-40,43H,1-13H3;/q-3;. The number of ether oxygens (including phenoxy) is 1. The van der Waals surface area contributed by atoms with Crippen molar-refractivity contribution in [2.75, 3.05) is 9.80 Å². The molecule has 0 unspecified atom stereocenters. The van der Waals surface area contributed by atoms with Gasteiger partial charge in [-0.1, -0.05) is 187 Å². The molecule has 0 fully saturated rings. The molecule has 0 aliphatic carbocycles. The molecule has 2 aromatic heterocycles. The Kier molecular flexibility index (Phi) is 13.0. The summed E-state index contributed by atoms with van der Waals surface area (Å²) in [6, 6.07) is 64.7. The van der Waals surface area contributed by atoms with E-state index in [0.29, 0.717) is 11.5 Å². The van der Waals surface area contributed by atoms with Crippen LogP contribution in [0.5, 0.6) is 11.5 Å². The molecule has 1 aliphatic rings. The molecular weight excluding hydrogens is 1060 g/mol. The van der Waals surface area contributed by atoms with E-state index in [0.717, 1.165) is 55.9 Å². The van der Waals surface area contributed by atoms with E-state index in [1.807, 2.05) is 6.20 Å². The van der Waals surface area contributed by atoms with E-state index in [1.165, 1.54) is 33.4 Å². The van der Waals surface area contributed by atoms with Gasteiger partial charge in [-0.2, -0.15) is 6.07 Å². The molecule has 0 saturated carbocycles. The van der Waals surface area contributed by atoms with Crippen LogP contribution in [-0.4, -0.2) is 9.55 Å². The van der Waals surface area contributed by atoms with Gasteiger partial charge in [0.1, 0.15) is 5.82 Å². The minimum Gasteiger partial charge on any atom is -0.509 e. The van der Waals surface area contributed by atoms with Gasteiger partial charge in [-0.25, -0.2) is 4.98 Å². The normalized spacial score (nSPS) is 13.4. The van der Waals surface area contributed by atoms with Gasteiger partial charge in [0, 0.05) is 66.8 Å². The van der Waals surface area contributed by atoms with Crippen LogP contribution in [0.1, 0.15) is 129 Å². The predicted octanol–water partition coefficient (Wildman–Crippen LogP) is 17.5. The molecule has 0 N–H and O–H groups in total. The maximum Gasteiger partial charge on any atom is 0.135 e. The van der Waals surface area contributed by atoms with Crippen LogP contribution in [0.3, 0.4) is 0 Å². The van der Waals surface area contributed by atoms with Gasteiger partial charge in [-0.15, -0.1) is 53.6 Å². The van der Waals surface area contributed by atoms with Crippen LogP contribution < -0.4 is 14.5 Å². The Morgan fingerprint density at radius 2 is 1.04 bits per heavy atom. The zero-order valence-electron chi connectivity index (χ0n) is 44.2. The first kappa shape index (κ1) is 50.5. The van der Waals surface area contributed by atoms with Crippen molar-refractivity contribution >= 4 is 44.6 Å². The first-order chi connectivity index (χ1) is 33.6. The zero-order valence-corrected chi connectivity index (χ0v) is 46.5. The van der Waals surface area contributed by atoms with Crippen molar-refractivity contribution in [2.45, 2.75) is 117 Å². The molecule has 1 aliphatic heterocycles. The third-order valence-corrected chi connectivity index (χ3v) is 14.8. The summed E-state index contributed by atoms with van der Waals surface area (Å²) in [6.45, 7) is 31.8. The van der Waals surface area contributed by atoms with E-state index in [-0.39, 0.29) is 48.1 Å². The molecule has 3 heterocycles. The fourth-order valence-corrected chi connectivity index (χ4v) is 10.0. The summed E-state index contributed by atoms with van der Waals surface area (Å²) in [6.07, 6.45) is 1.94. The zero-order chi connectivity index (χ0) is 50.3. The Labute approximate surface area is 443 Å². The minimum atomic E-state index is -0.380. The van der Waals surface area contributed by atoms with Crippen molar-refractivity contribution in [1.29, 1.82) is 0 Å². The summed E-state index contributed by atoms with van der Waals surface area (Å²) >= 11 is 0. The van der Waals surface area contributed by atoms with Crippen molar-refractivity contribution in [2.24, 2.45) is 0 Å². The molecule has 0 atom stereocenters. The summed E-state index contributed by atoms with van der Waals surface area (Å²) in [5.41, 5.74) is 14.0. The maximum atomic E-state index is 7.09. The van der Waals surface area contributed by atoms with Crippen molar-refractivity contribution < 1.29 is 25.8 Å². The van der Waals surface area contributed by atoms with Gasteiger partial charge in [0.2, 0.25) is 0 Å². The number of hydrogen-bond donors (Lipinski definition) is 0. The van der Waals surface area contributed by atoms with Gasteiger partial charge in [-0.05, 0) is 103 Å². The van der Waals surface area contributed by atoms with Gasteiger partial charge in [0.25, 0.3) is 0 Å². The second kappa shape index (κ2) is 18.6. The van der Waals surface area contributed by atoms with Crippen molar-refractivity contribution in [3.63, 3.8) is 0 Å². The molecule has 10 rings (SSSR count). The topological polar surface area (TPSA) is 33.5 Å². The summed E-state index contributed by atoms with van der Waals surface area (Å²) < 4.78 is 9.35. The Morgan fingerprint density at radius 1 is 0.444 bits per heavy atom. The molecule has 72 heavy (non-hydrogen) atoms. The monoisotopic (exact) mass is 1130 g/mol. The third kappa shape index (κ3) is 9.42.